The van der Waals surface area contributed by atoms with Gasteiger partial charge in [0.1, 0.15) is 22.1 Å². The minimum Gasteiger partial charge on any atom is -0.494 e. The molecule has 0 atom stereocenters. The normalized spacial score (nSPS) is 11.3. The lowest BCUT2D eigenvalue weighted by atomic mass is 10.3. The van der Waals surface area contributed by atoms with Gasteiger partial charge in [-0.3, -0.25) is 4.79 Å². The van der Waals surface area contributed by atoms with Crippen LogP contribution in [0, 0.1) is 0 Å². The summed E-state index contributed by atoms with van der Waals surface area (Å²) in [4.78, 5) is 12.3. The first kappa shape index (κ1) is 24.5. The minimum absolute atomic E-state index is 0.0169. The van der Waals surface area contributed by atoms with Gasteiger partial charge < -0.3 is 19.5 Å². The summed E-state index contributed by atoms with van der Waals surface area (Å²) < 4.78 is 43.7. The Bertz CT molecular complexity index is 956. The van der Waals surface area contributed by atoms with Crippen LogP contribution in [-0.4, -0.2) is 51.5 Å². The number of nitrogens with zero attached hydrogens (tertiary/aromatic N) is 1. The zero-order chi connectivity index (χ0) is 22.9. The van der Waals surface area contributed by atoms with Crippen molar-refractivity contribution < 1.29 is 27.4 Å². The summed E-state index contributed by atoms with van der Waals surface area (Å²) >= 11 is 0. The third-order valence-corrected chi connectivity index (χ3v) is 6.43. The van der Waals surface area contributed by atoms with Crippen molar-refractivity contribution in [3.05, 3.63) is 42.5 Å². The molecular formula is C22H30N2O6S. The van der Waals surface area contributed by atoms with Gasteiger partial charge in [-0.05, 0) is 56.3 Å². The molecule has 0 aliphatic carbocycles. The first-order chi connectivity index (χ1) is 14.8. The van der Waals surface area contributed by atoms with E-state index in [9.17, 15) is 13.2 Å². The zero-order valence-corrected chi connectivity index (χ0v) is 19.2. The summed E-state index contributed by atoms with van der Waals surface area (Å²) in [5.74, 6) is 1.08. The Balaban J connectivity index is 2.12. The van der Waals surface area contributed by atoms with E-state index in [1.165, 1.54) is 10.4 Å². The van der Waals surface area contributed by atoms with Crippen molar-refractivity contribution in [1.29, 1.82) is 0 Å². The Kier molecular flexibility index (Phi) is 9.14. The second kappa shape index (κ2) is 11.6. The van der Waals surface area contributed by atoms with Crippen LogP contribution < -0.4 is 19.5 Å². The fourth-order valence-corrected chi connectivity index (χ4v) is 4.52. The highest BCUT2D eigenvalue weighted by molar-refractivity contribution is 7.89. The number of amides is 1. The summed E-state index contributed by atoms with van der Waals surface area (Å²) in [5, 5.41) is 2.67. The fraction of sp³-hybridized carbons (Fsp3) is 0.409. The van der Waals surface area contributed by atoms with E-state index in [1.54, 1.807) is 57.2 Å². The van der Waals surface area contributed by atoms with E-state index in [-0.39, 0.29) is 17.3 Å². The Morgan fingerprint density at radius 1 is 0.871 bits per heavy atom. The Morgan fingerprint density at radius 2 is 1.45 bits per heavy atom. The fourth-order valence-electron chi connectivity index (χ4n) is 2.91. The van der Waals surface area contributed by atoms with Crippen LogP contribution >= 0.6 is 0 Å². The summed E-state index contributed by atoms with van der Waals surface area (Å²) in [6.45, 7) is 8.54. The molecule has 9 heteroatoms. The molecule has 0 heterocycles. The number of hydrogen-bond acceptors (Lipinski definition) is 6. The molecule has 0 bridgehead atoms. The number of rotatable bonds is 12. The molecule has 31 heavy (non-hydrogen) atoms. The lowest BCUT2D eigenvalue weighted by Gasteiger charge is -2.21. The molecule has 2 aromatic carbocycles. The molecule has 0 aliphatic heterocycles. The van der Waals surface area contributed by atoms with Gasteiger partial charge in [-0.25, -0.2) is 8.42 Å². The second-order valence-electron chi connectivity index (χ2n) is 6.43. The van der Waals surface area contributed by atoms with Crippen molar-refractivity contribution >= 4 is 21.6 Å². The molecule has 0 aromatic heterocycles. The molecule has 1 N–H and O–H groups in total. The number of sulfonamides is 1. The molecule has 0 radical (unpaired) electrons. The predicted octanol–water partition coefficient (Wildman–Crippen LogP) is 3.53. The number of carbonyl (C=O) groups excluding carboxylic acids is 1. The largest absolute Gasteiger partial charge is 0.494 e. The Hall–Kier alpha value is -2.78. The van der Waals surface area contributed by atoms with E-state index >= 15 is 0 Å². The van der Waals surface area contributed by atoms with Crippen molar-refractivity contribution in [3.8, 4) is 17.2 Å². The zero-order valence-electron chi connectivity index (χ0n) is 18.4. The average molecular weight is 451 g/mol. The van der Waals surface area contributed by atoms with Crippen LogP contribution in [0.25, 0.3) is 0 Å². The SMILES string of the molecule is CCOc1ccc(OCC(=O)Nc2ccc(OCC)c(S(=O)(=O)N(CC)CC)c2)cc1. The van der Waals surface area contributed by atoms with Crippen LogP contribution in [0.5, 0.6) is 17.2 Å². The summed E-state index contributed by atoms with van der Waals surface area (Å²) in [7, 11) is -3.76. The molecule has 0 aliphatic rings. The van der Waals surface area contributed by atoms with E-state index in [1.807, 2.05) is 6.92 Å². The molecule has 170 valence electrons. The van der Waals surface area contributed by atoms with Crippen LogP contribution in [0.15, 0.2) is 47.4 Å². The van der Waals surface area contributed by atoms with Crippen molar-refractivity contribution in [2.45, 2.75) is 32.6 Å². The molecule has 0 spiro atoms. The van der Waals surface area contributed by atoms with Gasteiger partial charge in [0, 0.05) is 18.8 Å². The molecular weight excluding hydrogens is 420 g/mol. The molecule has 2 aromatic rings. The van der Waals surface area contributed by atoms with Gasteiger partial charge >= 0.3 is 0 Å². The van der Waals surface area contributed by atoms with E-state index in [0.717, 1.165) is 5.75 Å². The first-order valence-electron chi connectivity index (χ1n) is 10.3. The number of ether oxygens (including phenoxy) is 3. The highest BCUT2D eigenvalue weighted by Crippen LogP contribution is 2.30. The molecule has 1 amide bonds. The van der Waals surface area contributed by atoms with Crippen LogP contribution in [0.3, 0.4) is 0 Å². The van der Waals surface area contributed by atoms with Crippen molar-refractivity contribution in [1.82, 2.24) is 4.31 Å². The van der Waals surface area contributed by atoms with Crippen LogP contribution in [0.2, 0.25) is 0 Å². The van der Waals surface area contributed by atoms with Crippen molar-refractivity contribution in [2.24, 2.45) is 0 Å². The third-order valence-electron chi connectivity index (χ3n) is 4.36. The topological polar surface area (TPSA) is 94.2 Å². The van der Waals surface area contributed by atoms with Crippen LogP contribution in [0.1, 0.15) is 27.7 Å². The van der Waals surface area contributed by atoms with E-state index < -0.39 is 15.9 Å². The first-order valence-corrected chi connectivity index (χ1v) is 11.7. The van der Waals surface area contributed by atoms with Gasteiger partial charge in [-0.1, -0.05) is 13.8 Å². The van der Waals surface area contributed by atoms with E-state index in [0.29, 0.717) is 37.7 Å². The van der Waals surface area contributed by atoms with Gasteiger partial charge in [0.2, 0.25) is 10.0 Å². The monoisotopic (exact) mass is 450 g/mol. The standard InChI is InChI=1S/C22H30N2O6S/c1-5-24(6-2)31(26,27)21-15-17(9-14-20(21)29-8-4)23-22(25)16-30-19-12-10-18(11-13-19)28-7-3/h9-15H,5-8,16H2,1-4H3,(H,23,25). The van der Waals surface area contributed by atoms with Gasteiger partial charge in [-0.2, -0.15) is 4.31 Å². The number of nitrogens with one attached hydrogen (secondary N) is 1. The number of carbonyl (C=O) groups is 1. The lowest BCUT2D eigenvalue weighted by molar-refractivity contribution is -0.118. The maximum absolute atomic E-state index is 13.0. The molecule has 0 unspecified atom stereocenters. The number of benzene rings is 2. The van der Waals surface area contributed by atoms with E-state index in [4.69, 9.17) is 14.2 Å². The average Bonchev–Trinajstić information content (AvgIpc) is 2.75. The van der Waals surface area contributed by atoms with Crippen LogP contribution in [-0.2, 0) is 14.8 Å². The summed E-state index contributed by atoms with van der Waals surface area (Å²) in [6.07, 6.45) is 0. The Morgan fingerprint density at radius 3 is 2.00 bits per heavy atom. The minimum atomic E-state index is -3.76. The second-order valence-corrected chi connectivity index (χ2v) is 8.33. The van der Waals surface area contributed by atoms with Crippen LogP contribution in [0.4, 0.5) is 5.69 Å². The number of hydrogen-bond donors (Lipinski definition) is 1. The highest BCUT2D eigenvalue weighted by Gasteiger charge is 2.26. The number of anilines is 1. The molecule has 8 nitrogen and oxygen atoms in total. The van der Waals surface area contributed by atoms with E-state index in [2.05, 4.69) is 5.32 Å². The highest BCUT2D eigenvalue weighted by atomic mass is 32.2. The summed E-state index contributed by atoms with van der Waals surface area (Å²) in [5.41, 5.74) is 0.342. The van der Waals surface area contributed by atoms with Gasteiger partial charge in [-0.15, -0.1) is 0 Å². The predicted molar refractivity (Wildman–Crippen MR) is 119 cm³/mol. The van der Waals surface area contributed by atoms with Gasteiger partial charge in [0.15, 0.2) is 6.61 Å². The maximum atomic E-state index is 13.0. The maximum Gasteiger partial charge on any atom is 0.262 e. The van der Waals surface area contributed by atoms with Gasteiger partial charge in [0.05, 0.1) is 13.2 Å². The van der Waals surface area contributed by atoms with Crippen molar-refractivity contribution in [3.63, 3.8) is 0 Å². The molecule has 0 fully saturated rings. The van der Waals surface area contributed by atoms with Crippen molar-refractivity contribution in [2.75, 3.05) is 38.2 Å². The lowest BCUT2D eigenvalue weighted by Crippen LogP contribution is -2.31. The quantitative estimate of drug-likeness (QED) is 0.532. The summed E-state index contributed by atoms with van der Waals surface area (Å²) in [6, 6.07) is 11.5. The smallest absolute Gasteiger partial charge is 0.262 e. The molecule has 0 saturated heterocycles. The Labute approximate surface area is 184 Å². The molecule has 0 saturated carbocycles. The molecule has 2 rings (SSSR count). The van der Waals surface area contributed by atoms with Gasteiger partial charge in [0.25, 0.3) is 5.91 Å². The third kappa shape index (κ3) is 6.60.